The summed E-state index contributed by atoms with van der Waals surface area (Å²) in [4.78, 5) is 1.88. The van der Waals surface area contributed by atoms with E-state index in [1.165, 1.54) is 6.07 Å². The van der Waals surface area contributed by atoms with Crippen LogP contribution in [-0.2, 0) is 0 Å². The summed E-state index contributed by atoms with van der Waals surface area (Å²) < 4.78 is 14.0. The molecule has 0 spiro atoms. The van der Waals surface area contributed by atoms with Gasteiger partial charge in [-0.15, -0.1) is 0 Å². The number of aliphatic hydroxyl groups is 1. The van der Waals surface area contributed by atoms with E-state index in [0.29, 0.717) is 12.1 Å². The fraction of sp³-hybridized carbons (Fsp3) is 0.571. The van der Waals surface area contributed by atoms with Gasteiger partial charge in [0.05, 0.1) is 6.61 Å². The molecule has 0 aromatic heterocycles. The topological polar surface area (TPSA) is 35.5 Å². The van der Waals surface area contributed by atoms with E-state index in [-0.39, 0.29) is 18.5 Å². The van der Waals surface area contributed by atoms with Gasteiger partial charge in [0.25, 0.3) is 0 Å². The van der Waals surface area contributed by atoms with Crippen LogP contribution in [0.25, 0.3) is 0 Å². The highest BCUT2D eigenvalue weighted by Crippen LogP contribution is 2.28. The molecule has 1 aromatic carbocycles. The molecule has 102 valence electrons. The summed E-state index contributed by atoms with van der Waals surface area (Å²) in [5.74, 6) is -0.201. The lowest BCUT2D eigenvalue weighted by atomic mass is 10.0. The van der Waals surface area contributed by atoms with Gasteiger partial charge in [-0.2, -0.15) is 0 Å². The quantitative estimate of drug-likeness (QED) is 0.784. The van der Waals surface area contributed by atoms with E-state index < -0.39 is 0 Å². The molecule has 1 rings (SSSR count). The summed E-state index contributed by atoms with van der Waals surface area (Å²) in [6, 6.07) is 5.03. The van der Waals surface area contributed by atoms with Crippen LogP contribution in [-0.4, -0.2) is 31.9 Å². The molecule has 0 fully saturated rings. The minimum absolute atomic E-state index is 0.0395. The van der Waals surface area contributed by atoms with E-state index in [0.717, 1.165) is 18.7 Å². The maximum atomic E-state index is 14.0. The van der Waals surface area contributed by atoms with Gasteiger partial charge in [-0.1, -0.05) is 13.0 Å². The number of aliphatic hydroxyl groups excluding tert-OH is 1. The number of benzene rings is 1. The molecule has 1 atom stereocenters. The second kappa shape index (κ2) is 7.34. The van der Waals surface area contributed by atoms with Gasteiger partial charge in [-0.05, 0) is 32.0 Å². The minimum Gasteiger partial charge on any atom is -0.395 e. The first-order chi connectivity index (χ1) is 8.61. The molecule has 0 saturated heterocycles. The van der Waals surface area contributed by atoms with Gasteiger partial charge >= 0.3 is 0 Å². The van der Waals surface area contributed by atoms with Crippen LogP contribution >= 0.6 is 0 Å². The largest absolute Gasteiger partial charge is 0.395 e. The minimum atomic E-state index is -0.201. The first kappa shape index (κ1) is 14.9. The van der Waals surface area contributed by atoms with Crippen LogP contribution in [0.2, 0.25) is 0 Å². The molecule has 0 aliphatic heterocycles. The SMILES string of the molecule is CCCNC(C)c1c(F)cccc1N(C)CCO. The molecule has 3 nitrogen and oxygen atoms in total. The highest BCUT2D eigenvalue weighted by Gasteiger charge is 2.17. The van der Waals surface area contributed by atoms with Gasteiger partial charge in [0, 0.05) is 30.9 Å². The molecule has 4 heteroatoms. The highest BCUT2D eigenvalue weighted by atomic mass is 19.1. The molecule has 0 aliphatic rings. The number of hydrogen-bond acceptors (Lipinski definition) is 3. The lowest BCUT2D eigenvalue weighted by molar-refractivity contribution is 0.304. The monoisotopic (exact) mass is 254 g/mol. The molecule has 1 aromatic rings. The smallest absolute Gasteiger partial charge is 0.130 e. The van der Waals surface area contributed by atoms with E-state index in [4.69, 9.17) is 5.11 Å². The third-order valence-electron chi connectivity index (χ3n) is 3.01. The van der Waals surface area contributed by atoms with Gasteiger partial charge in [0.2, 0.25) is 0 Å². The van der Waals surface area contributed by atoms with Crippen LogP contribution in [0.1, 0.15) is 31.9 Å². The molecule has 0 radical (unpaired) electrons. The van der Waals surface area contributed by atoms with E-state index in [9.17, 15) is 4.39 Å². The van der Waals surface area contributed by atoms with Crippen molar-refractivity contribution in [3.63, 3.8) is 0 Å². The Morgan fingerprint density at radius 2 is 2.17 bits per heavy atom. The summed E-state index contributed by atoms with van der Waals surface area (Å²) in [6.07, 6.45) is 1.01. The average molecular weight is 254 g/mol. The Morgan fingerprint density at radius 1 is 1.44 bits per heavy atom. The third-order valence-corrected chi connectivity index (χ3v) is 3.01. The number of nitrogens with one attached hydrogen (secondary N) is 1. The fourth-order valence-electron chi connectivity index (χ4n) is 2.02. The Kier molecular flexibility index (Phi) is 6.09. The lowest BCUT2D eigenvalue weighted by Crippen LogP contribution is -2.27. The number of anilines is 1. The number of halogens is 1. The van der Waals surface area contributed by atoms with Crippen molar-refractivity contribution in [2.24, 2.45) is 0 Å². The van der Waals surface area contributed by atoms with Crippen LogP contribution in [0, 0.1) is 5.82 Å². The second-order valence-corrected chi connectivity index (χ2v) is 4.49. The van der Waals surface area contributed by atoms with Crippen LogP contribution in [0.3, 0.4) is 0 Å². The summed E-state index contributed by atoms with van der Waals surface area (Å²) in [6.45, 7) is 5.46. The Labute approximate surface area is 109 Å². The maximum Gasteiger partial charge on any atom is 0.130 e. The molecular formula is C14H23FN2O. The second-order valence-electron chi connectivity index (χ2n) is 4.49. The van der Waals surface area contributed by atoms with E-state index in [1.54, 1.807) is 6.07 Å². The van der Waals surface area contributed by atoms with Crippen molar-refractivity contribution in [1.82, 2.24) is 5.32 Å². The normalized spacial score (nSPS) is 12.5. The van der Waals surface area contributed by atoms with Gasteiger partial charge in [0.15, 0.2) is 0 Å². The molecule has 1 unspecified atom stereocenters. The van der Waals surface area contributed by atoms with Gasteiger partial charge in [-0.3, -0.25) is 0 Å². The van der Waals surface area contributed by atoms with Crippen molar-refractivity contribution < 1.29 is 9.50 Å². The van der Waals surface area contributed by atoms with E-state index in [2.05, 4.69) is 12.2 Å². The Hall–Kier alpha value is -1.13. The third kappa shape index (κ3) is 3.68. The first-order valence-electron chi connectivity index (χ1n) is 6.45. The van der Waals surface area contributed by atoms with E-state index in [1.807, 2.05) is 24.9 Å². The molecule has 0 aliphatic carbocycles. The standard InChI is InChI=1S/C14H23FN2O/c1-4-8-16-11(2)14-12(15)6-5-7-13(14)17(3)9-10-18/h5-7,11,16,18H,4,8-10H2,1-3H3. The molecule has 0 saturated carbocycles. The Balaban J connectivity index is 2.99. The summed E-state index contributed by atoms with van der Waals surface area (Å²) in [7, 11) is 1.86. The fourth-order valence-corrected chi connectivity index (χ4v) is 2.02. The van der Waals surface area contributed by atoms with Crippen molar-refractivity contribution in [2.75, 3.05) is 31.6 Å². The molecule has 0 heterocycles. The summed E-state index contributed by atoms with van der Waals surface area (Å²) >= 11 is 0. The summed E-state index contributed by atoms with van der Waals surface area (Å²) in [5, 5.41) is 12.3. The van der Waals surface area contributed by atoms with Crippen molar-refractivity contribution in [2.45, 2.75) is 26.3 Å². The van der Waals surface area contributed by atoms with Crippen LogP contribution in [0.5, 0.6) is 0 Å². The van der Waals surface area contributed by atoms with Crippen LogP contribution in [0.15, 0.2) is 18.2 Å². The predicted octanol–water partition coefficient (Wildman–Crippen LogP) is 2.31. The molecule has 0 amide bonds. The number of nitrogens with zero attached hydrogens (tertiary/aromatic N) is 1. The average Bonchev–Trinajstić information content (AvgIpc) is 2.35. The Morgan fingerprint density at radius 3 is 2.78 bits per heavy atom. The van der Waals surface area contributed by atoms with Gasteiger partial charge in [-0.25, -0.2) is 4.39 Å². The van der Waals surface area contributed by atoms with Crippen LogP contribution in [0.4, 0.5) is 10.1 Å². The Bertz CT molecular complexity index is 371. The van der Waals surface area contributed by atoms with Crippen molar-refractivity contribution in [3.05, 3.63) is 29.6 Å². The zero-order valence-electron chi connectivity index (χ0n) is 11.4. The zero-order valence-corrected chi connectivity index (χ0v) is 11.4. The number of hydrogen-bond donors (Lipinski definition) is 2. The zero-order chi connectivity index (χ0) is 13.5. The first-order valence-corrected chi connectivity index (χ1v) is 6.45. The van der Waals surface area contributed by atoms with Crippen LogP contribution < -0.4 is 10.2 Å². The summed E-state index contributed by atoms with van der Waals surface area (Å²) in [5.41, 5.74) is 1.50. The lowest BCUT2D eigenvalue weighted by Gasteiger charge is -2.25. The molecule has 2 N–H and O–H groups in total. The predicted molar refractivity (Wildman–Crippen MR) is 73.5 cm³/mol. The van der Waals surface area contributed by atoms with Gasteiger partial charge < -0.3 is 15.3 Å². The van der Waals surface area contributed by atoms with Crippen molar-refractivity contribution >= 4 is 5.69 Å². The number of likely N-dealkylation sites (N-methyl/N-ethyl adjacent to an activating group) is 1. The molecular weight excluding hydrogens is 231 g/mol. The molecule has 18 heavy (non-hydrogen) atoms. The van der Waals surface area contributed by atoms with Gasteiger partial charge in [0.1, 0.15) is 5.82 Å². The molecule has 0 bridgehead atoms. The van der Waals surface area contributed by atoms with E-state index >= 15 is 0 Å². The highest BCUT2D eigenvalue weighted by molar-refractivity contribution is 5.55. The van der Waals surface area contributed by atoms with Crippen molar-refractivity contribution in [3.8, 4) is 0 Å². The number of rotatable bonds is 7. The maximum absolute atomic E-state index is 14.0. The van der Waals surface area contributed by atoms with Crippen molar-refractivity contribution in [1.29, 1.82) is 0 Å².